The summed E-state index contributed by atoms with van der Waals surface area (Å²) in [5.74, 6) is 0.783. The lowest BCUT2D eigenvalue weighted by Gasteiger charge is -2.59. The smallest absolute Gasteiger partial charge is 0.239 e. The molecule has 4 aliphatic rings. The zero-order valence-electron chi connectivity index (χ0n) is 37.8. The molecule has 11 nitrogen and oxygen atoms in total. The zero-order valence-corrected chi connectivity index (χ0v) is 37.8. The van der Waals surface area contributed by atoms with Crippen LogP contribution in [0, 0.1) is 17.8 Å². The molecule has 4 aromatic carbocycles. The van der Waals surface area contributed by atoms with Crippen molar-refractivity contribution in [2.75, 3.05) is 40.6 Å². The van der Waals surface area contributed by atoms with E-state index in [4.69, 9.17) is 33.7 Å². The van der Waals surface area contributed by atoms with Gasteiger partial charge in [0, 0.05) is 44.6 Å². The van der Waals surface area contributed by atoms with Crippen molar-refractivity contribution in [1.82, 2.24) is 4.90 Å². The van der Waals surface area contributed by atoms with E-state index >= 15 is 0 Å². The Morgan fingerprint density at radius 1 is 0.892 bits per heavy atom. The molecule has 2 N–H and O–H groups in total. The number of hydrogen-bond donors (Lipinski definition) is 2. The summed E-state index contributed by atoms with van der Waals surface area (Å²) >= 11 is 0. The van der Waals surface area contributed by atoms with E-state index in [9.17, 15) is 15.0 Å². The number of fused-ring (bicyclic) bond motifs is 2. The Hall–Kier alpha value is -5.46. The van der Waals surface area contributed by atoms with E-state index in [1.165, 1.54) is 0 Å². The standard InChI is InChI=1S/C54H64N2O9/c1-4-30-62-54-49(56(2)50(59)33-37-15-14-19-42(32-37)60-3)36-47(55-65-51-21-10-13-31-61-51)45-34-40(18-8-11-28-57)44(20-9-12-29-58)52(53(45)54)46-35-43(26-27-48(46)64-54)63-41-24-22-39(23-25-41)38-16-6-5-7-17-38/h4-7,14-17,19,22-27,32,34-35,40,44,49,51-53,57-58H,1,8-13,18,20-21,28-31,33,36H2,2-3H3/t40-,44+,49-,51?,52+,53+,54+/m0/s1. The van der Waals surface area contributed by atoms with E-state index in [1.54, 1.807) is 18.1 Å². The van der Waals surface area contributed by atoms with E-state index in [0.29, 0.717) is 48.9 Å². The predicted octanol–water partition coefficient (Wildman–Crippen LogP) is 10.0. The number of rotatable bonds is 20. The number of benzene rings is 4. The molecule has 1 saturated heterocycles. The second kappa shape index (κ2) is 21.7. The number of aliphatic hydroxyl groups excluding tert-OH is 2. The molecule has 7 atom stereocenters. The monoisotopic (exact) mass is 884 g/mol. The van der Waals surface area contributed by atoms with Crippen molar-refractivity contribution in [2.45, 2.75) is 94.7 Å². The first-order chi connectivity index (χ1) is 31.8. The second-order valence-electron chi connectivity index (χ2n) is 17.7. The van der Waals surface area contributed by atoms with Crippen molar-refractivity contribution < 1.29 is 43.5 Å². The maximum Gasteiger partial charge on any atom is 0.239 e. The van der Waals surface area contributed by atoms with Gasteiger partial charge in [-0.2, -0.15) is 0 Å². The molecule has 2 heterocycles. The summed E-state index contributed by atoms with van der Waals surface area (Å²) in [4.78, 5) is 22.7. The fourth-order valence-electron chi connectivity index (χ4n) is 10.4. The Labute approximate surface area is 383 Å². The van der Waals surface area contributed by atoms with Gasteiger partial charge >= 0.3 is 0 Å². The molecule has 0 aromatic heterocycles. The van der Waals surface area contributed by atoms with Crippen molar-refractivity contribution in [1.29, 1.82) is 0 Å². The molecule has 65 heavy (non-hydrogen) atoms. The van der Waals surface area contributed by atoms with Gasteiger partial charge in [0.1, 0.15) is 29.0 Å². The van der Waals surface area contributed by atoms with Gasteiger partial charge in [-0.15, -0.1) is 6.58 Å². The third kappa shape index (κ3) is 10.3. The highest BCUT2D eigenvalue weighted by Crippen LogP contribution is 2.62. The van der Waals surface area contributed by atoms with Crippen LogP contribution in [0.4, 0.5) is 0 Å². The van der Waals surface area contributed by atoms with E-state index in [2.05, 4.69) is 43.0 Å². The summed E-state index contributed by atoms with van der Waals surface area (Å²) < 4.78 is 32.6. The van der Waals surface area contributed by atoms with Crippen molar-refractivity contribution >= 4 is 11.6 Å². The SMILES string of the molecule is C=CCO[C@@]12Oc3ccc(Oc4ccc(-c5ccccc5)cc4)cc3[C@H]3[C@H](CCCCO)[C@@H](CCCCO)C=C(C(=NOC4CCCCO4)C[C@@H]1N(C)C(=O)Cc1cccc(OC)c1)[C@H]32. The van der Waals surface area contributed by atoms with Crippen molar-refractivity contribution in [3.05, 3.63) is 132 Å². The van der Waals surface area contributed by atoms with Gasteiger partial charge in [-0.3, -0.25) is 4.79 Å². The highest BCUT2D eigenvalue weighted by atomic mass is 16.8. The van der Waals surface area contributed by atoms with E-state index in [0.717, 1.165) is 78.5 Å². The molecule has 11 heteroatoms. The van der Waals surface area contributed by atoms with Crippen LogP contribution in [0.3, 0.4) is 0 Å². The highest BCUT2D eigenvalue weighted by Gasteiger charge is 2.65. The van der Waals surface area contributed by atoms with E-state index < -0.39 is 24.0 Å². The maximum absolute atomic E-state index is 14.7. The van der Waals surface area contributed by atoms with Gasteiger partial charge in [-0.25, -0.2) is 0 Å². The fourth-order valence-corrected chi connectivity index (χ4v) is 10.4. The lowest BCUT2D eigenvalue weighted by molar-refractivity contribution is -0.255. The summed E-state index contributed by atoms with van der Waals surface area (Å²) in [6.07, 6.45) is 11.4. The van der Waals surface area contributed by atoms with Gasteiger partial charge in [-0.05, 0) is 115 Å². The Morgan fingerprint density at radius 2 is 1.66 bits per heavy atom. The van der Waals surface area contributed by atoms with Crippen LogP contribution >= 0.6 is 0 Å². The number of carbonyl (C=O) groups is 1. The first kappa shape index (κ1) is 46.1. The minimum atomic E-state index is -1.36. The average molecular weight is 885 g/mol. The number of nitrogens with zero attached hydrogens (tertiary/aromatic N) is 2. The number of ether oxygens (including phenoxy) is 5. The first-order valence-electron chi connectivity index (χ1n) is 23.4. The van der Waals surface area contributed by atoms with Crippen LogP contribution in [-0.2, 0) is 25.5 Å². The van der Waals surface area contributed by atoms with Gasteiger partial charge in [0.05, 0.1) is 38.4 Å². The number of likely N-dealkylation sites (N-methyl/N-ethyl adjacent to an activating group) is 1. The Balaban J connectivity index is 1.26. The minimum Gasteiger partial charge on any atom is -0.497 e. The maximum atomic E-state index is 14.7. The number of aliphatic hydroxyl groups is 2. The lowest BCUT2D eigenvalue weighted by Crippen LogP contribution is -2.69. The first-order valence-corrected chi connectivity index (χ1v) is 23.4. The Kier molecular flexibility index (Phi) is 15.4. The fraction of sp³-hybridized carbons (Fsp3) is 0.444. The largest absolute Gasteiger partial charge is 0.497 e. The molecule has 0 bridgehead atoms. The van der Waals surface area contributed by atoms with Crippen LogP contribution in [0.1, 0.15) is 81.3 Å². The molecule has 2 aliphatic heterocycles. The Bertz CT molecular complexity index is 2270. The molecule has 2 fully saturated rings. The quantitative estimate of drug-likeness (QED) is 0.0507. The molecule has 0 radical (unpaired) electrons. The number of methoxy groups -OCH3 is 1. The molecule has 1 saturated carbocycles. The molecule has 1 amide bonds. The molecule has 4 aromatic rings. The number of unbranched alkanes of at least 4 members (excludes halogenated alkanes) is 2. The zero-order chi connectivity index (χ0) is 45.2. The van der Waals surface area contributed by atoms with Gasteiger partial charge in [0.15, 0.2) is 0 Å². The number of allylic oxidation sites excluding steroid dienone is 1. The second-order valence-corrected chi connectivity index (χ2v) is 17.7. The van der Waals surface area contributed by atoms with Crippen molar-refractivity contribution in [2.24, 2.45) is 22.9 Å². The normalized spacial score (nSPS) is 25.0. The third-order valence-corrected chi connectivity index (χ3v) is 13.6. The Morgan fingerprint density at radius 3 is 2.40 bits per heavy atom. The molecule has 8 rings (SSSR count). The third-order valence-electron chi connectivity index (χ3n) is 13.6. The van der Waals surface area contributed by atoms with E-state index in [-0.39, 0.29) is 49.9 Å². The van der Waals surface area contributed by atoms with Gasteiger partial charge in [-0.1, -0.05) is 84.7 Å². The van der Waals surface area contributed by atoms with Crippen LogP contribution in [0.5, 0.6) is 23.0 Å². The molecular formula is C54H64N2O9. The summed E-state index contributed by atoms with van der Waals surface area (Å²) in [6.45, 7) is 5.06. The van der Waals surface area contributed by atoms with Gasteiger partial charge in [0.2, 0.25) is 18.0 Å². The van der Waals surface area contributed by atoms with Crippen LogP contribution in [0.15, 0.2) is 127 Å². The summed E-state index contributed by atoms with van der Waals surface area (Å²) in [6, 6.07) is 31.3. The van der Waals surface area contributed by atoms with Crippen LogP contribution in [0.25, 0.3) is 11.1 Å². The minimum absolute atomic E-state index is 0.0733. The molecule has 0 spiro atoms. The highest BCUT2D eigenvalue weighted by molar-refractivity contribution is 6.03. The predicted molar refractivity (Wildman–Crippen MR) is 251 cm³/mol. The summed E-state index contributed by atoms with van der Waals surface area (Å²) in [5, 5.41) is 24.9. The van der Waals surface area contributed by atoms with Crippen LogP contribution in [-0.4, -0.2) is 85.4 Å². The average Bonchev–Trinajstić information content (AvgIpc) is 3.34. The lowest BCUT2D eigenvalue weighted by atomic mass is 9.55. The van der Waals surface area contributed by atoms with Crippen molar-refractivity contribution in [3.8, 4) is 34.1 Å². The molecule has 344 valence electrons. The van der Waals surface area contributed by atoms with Gasteiger partial charge < -0.3 is 43.6 Å². The number of oxime groups is 1. The topological polar surface area (TPSA) is 129 Å². The number of carbonyl (C=O) groups excluding carboxylic acids is 1. The van der Waals surface area contributed by atoms with Gasteiger partial charge in [0.25, 0.3) is 0 Å². The molecule has 1 unspecified atom stereocenters. The summed E-state index contributed by atoms with van der Waals surface area (Å²) in [7, 11) is 3.45. The van der Waals surface area contributed by atoms with Crippen LogP contribution < -0.4 is 14.2 Å². The van der Waals surface area contributed by atoms with E-state index in [1.807, 2.05) is 73.8 Å². The molecule has 2 aliphatic carbocycles. The summed E-state index contributed by atoms with van der Waals surface area (Å²) in [5.41, 5.74) is 5.75. The van der Waals surface area contributed by atoms with Crippen molar-refractivity contribution in [3.63, 3.8) is 0 Å². The van der Waals surface area contributed by atoms with Crippen LogP contribution in [0.2, 0.25) is 0 Å². The molecular weight excluding hydrogens is 821 g/mol. The number of amides is 1. The number of hydrogen-bond acceptors (Lipinski definition) is 10.